The van der Waals surface area contributed by atoms with Crippen molar-refractivity contribution in [1.29, 1.82) is 0 Å². The Balaban J connectivity index is 0.00000576. The molecule has 24 heavy (non-hydrogen) atoms. The molecule has 0 aliphatic heterocycles. The quantitative estimate of drug-likeness (QED) is 0.555. The van der Waals surface area contributed by atoms with Crippen LogP contribution in [0.25, 0.3) is 0 Å². The predicted octanol–water partition coefficient (Wildman–Crippen LogP) is 1.70. The molecule has 0 aliphatic rings. The molecule has 140 valence electrons. The lowest BCUT2D eigenvalue weighted by Crippen LogP contribution is -2.43. The third-order valence-electron chi connectivity index (χ3n) is 3.21. The molecule has 1 aromatic rings. The van der Waals surface area contributed by atoms with E-state index in [1.807, 2.05) is 0 Å². The van der Waals surface area contributed by atoms with Crippen LogP contribution in [-0.4, -0.2) is 54.6 Å². The normalized spacial score (nSPS) is 13.6. The lowest BCUT2D eigenvalue weighted by molar-refractivity contribution is -0.265. The Bertz CT molecular complexity index is 674. The zero-order valence-electron chi connectivity index (χ0n) is 13.8. The van der Waals surface area contributed by atoms with Gasteiger partial charge in [0.15, 0.2) is 10.6 Å². The number of hydrogen-bond acceptors (Lipinski definition) is 5. The van der Waals surface area contributed by atoms with Gasteiger partial charge in [0.1, 0.15) is 0 Å². The summed E-state index contributed by atoms with van der Waals surface area (Å²) in [5, 5.41) is 6.44. The minimum Gasteiger partial charge on any atom is -0.351 e. The lowest BCUT2D eigenvalue weighted by Gasteiger charge is -2.27. The van der Waals surface area contributed by atoms with Crippen LogP contribution in [0.15, 0.2) is 29.6 Å². The maximum Gasteiger partial charge on any atom is 0.416 e. The minimum absolute atomic E-state index is 0. The summed E-state index contributed by atoms with van der Waals surface area (Å²) >= 11 is 0. The van der Waals surface area contributed by atoms with Gasteiger partial charge in [-0.2, -0.15) is 26.7 Å². The van der Waals surface area contributed by atoms with E-state index in [9.17, 15) is 21.6 Å². The van der Waals surface area contributed by atoms with Gasteiger partial charge in [-0.05, 0) is 19.9 Å². The molecule has 0 aromatic carbocycles. The number of hydrogen-bond donors (Lipinski definition) is 1. The highest BCUT2D eigenvalue weighted by molar-refractivity contribution is 7.89. The second kappa shape index (κ2) is 7.53. The van der Waals surface area contributed by atoms with E-state index in [4.69, 9.17) is 4.74 Å². The van der Waals surface area contributed by atoms with E-state index in [0.29, 0.717) is 0 Å². The monoisotopic (exact) mass is 372 g/mol. The second-order valence-electron chi connectivity index (χ2n) is 5.45. The van der Waals surface area contributed by atoms with Crippen LogP contribution < -0.4 is 5.32 Å². The van der Waals surface area contributed by atoms with Crippen LogP contribution in [-0.2, 0) is 21.8 Å². The van der Waals surface area contributed by atoms with Crippen molar-refractivity contribution in [3.63, 3.8) is 0 Å². The summed E-state index contributed by atoms with van der Waals surface area (Å²) in [7, 11) is -0.867. The first-order chi connectivity index (χ1) is 10.9. The van der Waals surface area contributed by atoms with Gasteiger partial charge < -0.3 is 4.74 Å². The first-order valence-corrected chi connectivity index (χ1v) is 8.37. The number of aryl methyl sites for hydroxylation is 1. The first-order valence-electron chi connectivity index (χ1n) is 6.93. The van der Waals surface area contributed by atoms with E-state index in [-0.39, 0.29) is 19.7 Å². The van der Waals surface area contributed by atoms with Crippen molar-refractivity contribution in [2.75, 3.05) is 20.3 Å². The Hall–Kier alpha value is -1.59. The fraction of sp³-hybridized carbons (Fsp3) is 0.615. The van der Waals surface area contributed by atoms with Crippen molar-refractivity contribution in [2.45, 2.75) is 30.7 Å². The van der Waals surface area contributed by atoms with Crippen molar-refractivity contribution in [2.24, 2.45) is 7.05 Å². The molecule has 0 amide bonds. The molecule has 0 saturated carbocycles. The van der Waals surface area contributed by atoms with Crippen LogP contribution in [0.1, 0.15) is 15.3 Å². The van der Waals surface area contributed by atoms with Crippen molar-refractivity contribution in [3.05, 3.63) is 24.5 Å². The highest BCUT2D eigenvalue weighted by atomic mass is 32.2. The second-order valence-corrected chi connectivity index (χ2v) is 7.39. The fourth-order valence-corrected chi connectivity index (χ4v) is 2.65. The molecular weight excluding hydrogens is 349 g/mol. The summed E-state index contributed by atoms with van der Waals surface area (Å²) in [6.45, 7) is 1.67. The van der Waals surface area contributed by atoms with Crippen molar-refractivity contribution in [1.82, 2.24) is 19.4 Å². The number of rotatable bonds is 8. The number of ether oxygens (including phenoxy) is 1. The topological polar surface area (TPSA) is 76.5 Å². The number of nitrogens with zero attached hydrogens (tertiary/aromatic N) is 3. The molecule has 1 rings (SSSR count). The Kier molecular flexibility index (Phi) is 6.42. The largest absolute Gasteiger partial charge is 0.416 e. The average Bonchev–Trinajstić information content (AvgIpc) is 2.87. The summed E-state index contributed by atoms with van der Waals surface area (Å²) < 4.78 is 69.1. The smallest absolute Gasteiger partial charge is 0.351 e. The van der Waals surface area contributed by atoms with Gasteiger partial charge in [0.05, 0.1) is 12.9 Å². The first kappa shape index (κ1) is 20.5. The maximum absolute atomic E-state index is 12.6. The third-order valence-corrected chi connectivity index (χ3v) is 5.02. The van der Waals surface area contributed by atoms with Gasteiger partial charge in [0.2, 0.25) is 0 Å². The molecule has 0 bridgehead atoms. The Morgan fingerprint density at radius 3 is 2.58 bits per heavy atom. The molecule has 0 fully saturated rings. The highest BCUT2D eigenvalue weighted by Gasteiger charge is 2.48. The lowest BCUT2D eigenvalue weighted by atomic mass is 10.1. The van der Waals surface area contributed by atoms with Gasteiger partial charge in [-0.15, -0.1) is 0 Å². The van der Waals surface area contributed by atoms with Crippen LogP contribution >= 0.6 is 0 Å². The fourth-order valence-electron chi connectivity index (χ4n) is 1.50. The molecule has 0 atom stereocenters. The molecule has 1 N–H and O–H groups in total. The molecule has 0 unspecified atom stereocenters. The Morgan fingerprint density at radius 2 is 2.08 bits per heavy atom. The van der Waals surface area contributed by atoms with Gasteiger partial charge in [0, 0.05) is 28.3 Å². The molecular formula is C13H23F3N4O3S. The molecule has 7 nitrogen and oxygen atoms in total. The zero-order valence-corrected chi connectivity index (χ0v) is 14.6. The Morgan fingerprint density at radius 1 is 1.46 bits per heavy atom. The number of aromatic nitrogens is 2. The van der Waals surface area contributed by atoms with E-state index in [1.165, 1.54) is 43.3 Å². The van der Waals surface area contributed by atoms with E-state index < -0.39 is 21.8 Å². The highest BCUT2D eigenvalue weighted by Crippen LogP contribution is 2.32. The van der Waals surface area contributed by atoms with Crippen LogP contribution in [0.2, 0.25) is 0 Å². The number of halogens is 3. The third kappa shape index (κ3) is 4.95. The number of alkyl halides is 3. The molecule has 1 heterocycles. The molecule has 0 aliphatic carbocycles. The van der Waals surface area contributed by atoms with E-state index >= 15 is 0 Å². The van der Waals surface area contributed by atoms with Crippen molar-refractivity contribution < 1.29 is 27.8 Å². The molecule has 0 radical (unpaired) electrons. The standard InChI is InChI=1S/C13H21F3N4O3S.H2/c1-12(2,13(14,15)16)23-10-17-7-5-9-19(3)24(21,22)11-6-8-18-20(11)4;/h5-6,8-9,17H,7,10H2,1-4H3;1H/b9-5+;. The maximum atomic E-state index is 12.6. The zero-order chi connectivity index (χ0) is 18.6. The van der Waals surface area contributed by atoms with Crippen molar-refractivity contribution >= 4 is 10.0 Å². The van der Waals surface area contributed by atoms with Crippen LogP contribution in [0.3, 0.4) is 0 Å². The summed E-state index contributed by atoms with van der Waals surface area (Å²) in [4.78, 5) is 0. The van der Waals surface area contributed by atoms with Gasteiger partial charge >= 0.3 is 6.18 Å². The Labute approximate surface area is 140 Å². The molecule has 11 heteroatoms. The van der Waals surface area contributed by atoms with Gasteiger partial charge in [-0.3, -0.25) is 14.3 Å². The van der Waals surface area contributed by atoms with Crippen molar-refractivity contribution in [3.8, 4) is 0 Å². The predicted molar refractivity (Wildman–Crippen MR) is 83.5 cm³/mol. The molecule has 0 spiro atoms. The van der Waals surface area contributed by atoms with Crippen LogP contribution in [0, 0.1) is 0 Å². The van der Waals surface area contributed by atoms with E-state index in [1.54, 1.807) is 0 Å². The van der Waals surface area contributed by atoms with Crippen LogP contribution in [0.5, 0.6) is 0 Å². The number of nitrogens with one attached hydrogen (secondary N) is 1. The van der Waals surface area contributed by atoms with Gasteiger partial charge in [0.25, 0.3) is 10.0 Å². The number of sulfonamides is 1. The summed E-state index contributed by atoms with van der Waals surface area (Å²) in [6.07, 6.45) is -0.351. The molecule has 1 aromatic heterocycles. The summed E-state index contributed by atoms with van der Waals surface area (Å²) in [5.41, 5.74) is -2.26. The van der Waals surface area contributed by atoms with Crippen LogP contribution in [0.4, 0.5) is 13.2 Å². The van der Waals surface area contributed by atoms with E-state index in [2.05, 4.69) is 10.4 Å². The SMILES string of the molecule is CN(/C=C/CNCOC(C)(C)C(F)(F)F)S(=O)(=O)c1ccnn1C.[HH]. The summed E-state index contributed by atoms with van der Waals surface area (Å²) in [5.74, 6) is 0. The molecule has 0 saturated heterocycles. The summed E-state index contributed by atoms with van der Waals surface area (Å²) in [6, 6.07) is 1.37. The minimum atomic E-state index is -4.47. The van der Waals surface area contributed by atoms with E-state index in [0.717, 1.165) is 18.2 Å². The van der Waals surface area contributed by atoms with Gasteiger partial charge in [-0.1, -0.05) is 6.08 Å². The average molecular weight is 372 g/mol. The van der Waals surface area contributed by atoms with Gasteiger partial charge in [-0.25, -0.2) is 0 Å².